The third-order valence-electron chi connectivity index (χ3n) is 6.40. The zero-order valence-electron chi connectivity index (χ0n) is 21.1. The molecule has 16 heteroatoms. The van der Waals surface area contributed by atoms with Crippen molar-refractivity contribution in [2.24, 2.45) is 0 Å². The lowest BCUT2D eigenvalue weighted by Crippen LogP contribution is -2.49. The second-order valence-corrected chi connectivity index (χ2v) is 12.8. The highest BCUT2D eigenvalue weighted by Crippen LogP contribution is 2.32. The van der Waals surface area contributed by atoms with Crippen LogP contribution in [0.3, 0.4) is 0 Å². The van der Waals surface area contributed by atoms with Crippen LogP contribution in [0.25, 0.3) is 0 Å². The first-order valence-electron chi connectivity index (χ1n) is 11.9. The third-order valence-corrected chi connectivity index (χ3v) is 8.83. The van der Waals surface area contributed by atoms with Gasteiger partial charge in [0.1, 0.15) is 11.8 Å². The molecule has 1 saturated heterocycles. The van der Waals surface area contributed by atoms with Gasteiger partial charge in [-0.25, -0.2) is 41.3 Å². The molecule has 0 aliphatic carbocycles. The van der Waals surface area contributed by atoms with E-state index in [-0.39, 0.29) is 29.5 Å². The summed E-state index contributed by atoms with van der Waals surface area (Å²) < 4.78 is 52.6. The third kappa shape index (κ3) is 5.28. The van der Waals surface area contributed by atoms with Crippen molar-refractivity contribution >= 4 is 37.6 Å². The first-order chi connectivity index (χ1) is 18.5. The lowest BCUT2D eigenvalue weighted by atomic mass is 10.2. The van der Waals surface area contributed by atoms with Gasteiger partial charge in [-0.3, -0.25) is 4.79 Å². The molecular weight excluding hydrogens is 546 g/mol. The molecule has 14 nitrogen and oxygen atoms in total. The molecule has 1 fully saturated rings. The summed E-state index contributed by atoms with van der Waals surface area (Å²) in [6.45, 7) is 3.25. The largest absolute Gasteiger partial charge is 0.338 e. The van der Waals surface area contributed by atoms with E-state index in [1.165, 1.54) is 27.7 Å². The van der Waals surface area contributed by atoms with Crippen LogP contribution in [0.4, 0.5) is 11.6 Å². The van der Waals surface area contributed by atoms with E-state index in [4.69, 9.17) is 0 Å². The molecule has 0 bridgehead atoms. The Bertz CT molecular complexity index is 1710. The standard InChI is InChI=1S/C23H25N9O5S2/c1-16-13-18(15-24)27-23(26-16)29-9-11-30(12-10-29)39(36,37)19-3-4-20-17(14-19)5-7-31(20)22(33)21-25-6-8-32(21)28-38(2,34)35/h3-4,6,8,13-14,28H,5,7,9-12H2,1-2H3. The number of hydrogen-bond donors (Lipinski definition) is 1. The summed E-state index contributed by atoms with van der Waals surface area (Å²) in [4.78, 5) is 31.4. The summed E-state index contributed by atoms with van der Waals surface area (Å²) in [6.07, 6.45) is 4.04. The summed E-state index contributed by atoms with van der Waals surface area (Å²) >= 11 is 0. The highest BCUT2D eigenvalue weighted by Gasteiger charge is 2.33. The van der Waals surface area contributed by atoms with Crippen molar-refractivity contribution in [3.8, 4) is 6.07 Å². The van der Waals surface area contributed by atoms with E-state index < -0.39 is 26.0 Å². The molecule has 1 aromatic carbocycles. The maximum absolute atomic E-state index is 13.4. The summed E-state index contributed by atoms with van der Waals surface area (Å²) in [5.74, 6) is -0.222. The number of nitrogens with zero attached hydrogens (tertiary/aromatic N) is 8. The number of nitrogens with one attached hydrogen (secondary N) is 1. The molecule has 5 rings (SSSR count). The molecule has 0 atom stereocenters. The van der Waals surface area contributed by atoms with Crippen LogP contribution in [-0.4, -0.2) is 85.7 Å². The van der Waals surface area contributed by atoms with Gasteiger partial charge < -0.3 is 9.80 Å². The number of anilines is 2. The van der Waals surface area contributed by atoms with Gasteiger partial charge in [-0.2, -0.15) is 9.57 Å². The Balaban J connectivity index is 1.31. The van der Waals surface area contributed by atoms with Crippen LogP contribution in [0.5, 0.6) is 0 Å². The topological polar surface area (TPSA) is 174 Å². The summed E-state index contributed by atoms with van der Waals surface area (Å²) in [6, 6.07) is 8.24. The van der Waals surface area contributed by atoms with Gasteiger partial charge in [-0.1, -0.05) is 0 Å². The van der Waals surface area contributed by atoms with Crippen molar-refractivity contribution in [2.45, 2.75) is 18.2 Å². The zero-order valence-corrected chi connectivity index (χ0v) is 22.8. The van der Waals surface area contributed by atoms with Gasteiger partial charge in [-0.15, -0.1) is 0 Å². The second kappa shape index (κ2) is 9.91. The number of sulfonamides is 2. The predicted octanol–water partition coefficient (Wildman–Crippen LogP) is 0.0701. The molecule has 204 valence electrons. The van der Waals surface area contributed by atoms with Crippen LogP contribution in [0.15, 0.2) is 41.6 Å². The second-order valence-electron chi connectivity index (χ2n) is 9.18. The minimum absolute atomic E-state index is 0.109. The molecule has 2 aliphatic rings. The van der Waals surface area contributed by atoms with E-state index in [0.717, 1.165) is 10.9 Å². The van der Waals surface area contributed by atoms with Crippen LogP contribution in [0.1, 0.15) is 27.6 Å². The number of aryl methyl sites for hydroxylation is 1. The number of imidazole rings is 1. The first-order valence-corrected chi connectivity index (χ1v) is 15.3. The fourth-order valence-corrected chi connectivity index (χ4v) is 6.59. The number of hydrogen-bond acceptors (Lipinski definition) is 10. The summed E-state index contributed by atoms with van der Waals surface area (Å²) in [7, 11) is -7.44. The van der Waals surface area contributed by atoms with Gasteiger partial charge in [0.15, 0.2) is 0 Å². The number of aromatic nitrogens is 4. The molecular formula is C23H25N9O5S2. The fourth-order valence-electron chi connectivity index (χ4n) is 4.61. The predicted molar refractivity (Wildman–Crippen MR) is 141 cm³/mol. The Hall–Kier alpha value is -4.07. The Morgan fingerprint density at radius 2 is 1.79 bits per heavy atom. The molecule has 4 heterocycles. The summed E-state index contributed by atoms with van der Waals surface area (Å²) in [5.41, 5.74) is 2.15. The fraction of sp³-hybridized carbons (Fsp3) is 0.348. The molecule has 1 amide bonds. The monoisotopic (exact) mass is 571 g/mol. The van der Waals surface area contributed by atoms with Crippen LogP contribution in [0.2, 0.25) is 0 Å². The SMILES string of the molecule is Cc1cc(C#N)nc(N2CCN(S(=O)(=O)c3ccc4c(c3)CCN4C(=O)c3nccn3NS(C)(=O)=O)CC2)n1. The smallest absolute Gasteiger partial charge is 0.296 e. The number of carbonyl (C=O) groups excluding carboxylic acids is 1. The number of amides is 1. The van der Waals surface area contributed by atoms with E-state index in [2.05, 4.69) is 19.8 Å². The molecule has 2 aliphatic heterocycles. The Kier molecular flexibility index (Phi) is 6.74. The van der Waals surface area contributed by atoms with Gasteiger partial charge >= 0.3 is 0 Å². The van der Waals surface area contributed by atoms with Crippen molar-refractivity contribution in [3.05, 3.63) is 59.4 Å². The number of benzene rings is 1. The van der Waals surface area contributed by atoms with Crippen molar-refractivity contribution in [1.29, 1.82) is 5.26 Å². The van der Waals surface area contributed by atoms with Crippen molar-refractivity contribution in [3.63, 3.8) is 0 Å². The number of nitriles is 1. The van der Waals surface area contributed by atoms with Crippen LogP contribution >= 0.6 is 0 Å². The quantitative estimate of drug-likeness (QED) is 0.426. The Morgan fingerprint density at radius 3 is 2.49 bits per heavy atom. The average Bonchev–Trinajstić information content (AvgIpc) is 3.53. The average molecular weight is 572 g/mol. The maximum atomic E-state index is 13.4. The Morgan fingerprint density at radius 1 is 1.05 bits per heavy atom. The van der Waals surface area contributed by atoms with Gasteiger partial charge in [0.2, 0.25) is 31.8 Å². The number of piperazine rings is 1. The van der Waals surface area contributed by atoms with Crippen molar-refractivity contribution < 1.29 is 21.6 Å². The first kappa shape index (κ1) is 26.5. The number of carbonyl (C=O) groups is 1. The van der Waals surface area contributed by atoms with E-state index in [1.807, 2.05) is 11.0 Å². The van der Waals surface area contributed by atoms with E-state index in [1.54, 1.807) is 25.1 Å². The van der Waals surface area contributed by atoms with E-state index in [0.29, 0.717) is 48.9 Å². The lowest BCUT2D eigenvalue weighted by Gasteiger charge is -2.34. The highest BCUT2D eigenvalue weighted by molar-refractivity contribution is 7.91. The lowest BCUT2D eigenvalue weighted by molar-refractivity contribution is 0.0977. The van der Waals surface area contributed by atoms with Crippen LogP contribution in [-0.2, 0) is 26.5 Å². The summed E-state index contributed by atoms with van der Waals surface area (Å²) in [5, 5.41) is 9.18. The van der Waals surface area contributed by atoms with Gasteiger partial charge in [-0.05, 0) is 43.2 Å². The molecule has 0 radical (unpaired) electrons. The number of fused-ring (bicyclic) bond motifs is 1. The minimum atomic E-state index is -3.80. The highest BCUT2D eigenvalue weighted by atomic mass is 32.2. The molecule has 0 saturated carbocycles. The molecule has 39 heavy (non-hydrogen) atoms. The molecule has 3 aromatic rings. The molecule has 1 N–H and O–H groups in total. The van der Waals surface area contributed by atoms with E-state index in [9.17, 15) is 26.9 Å². The normalized spacial score (nSPS) is 16.1. The molecule has 0 unspecified atom stereocenters. The van der Waals surface area contributed by atoms with E-state index >= 15 is 0 Å². The van der Waals surface area contributed by atoms with Crippen LogP contribution < -0.4 is 14.6 Å². The molecule has 0 spiro atoms. The maximum Gasteiger partial charge on any atom is 0.296 e. The van der Waals surface area contributed by atoms with Crippen molar-refractivity contribution in [2.75, 3.05) is 53.6 Å². The zero-order chi connectivity index (χ0) is 27.9. The Labute approximate surface area is 225 Å². The van der Waals surface area contributed by atoms with Crippen LogP contribution in [0, 0.1) is 18.3 Å². The van der Waals surface area contributed by atoms with Crippen molar-refractivity contribution in [1.82, 2.24) is 23.9 Å². The number of rotatable bonds is 6. The van der Waals surface area contributed by atoms with Gasteiger partial charge in [0.05, 0.1) is 11.2 Å². The van der Waals surface area contributed by atoms with Gasteiger partial charge in [0.25, 0.3) is 5.91 Å². The minimum Gasteiger partial charge on any atom is -0.338 e. The van der Waals surface area contributed by atoms with Gasteiger partial charge in [0, 0.05) is 56.5 Å². The molecule has 2 aromatic heterocycles.